The number of hydrogen-bond acceptors (Lipinski definition) is 4. The normalized spacial score (nSPS) is 33.0. The summed E-state index contributed by atoms with van der Waals surface area (Å²) in [6.45, 7) is 5.35. The van der Waals surface area contributed by atoms with Crippen LogP contribution in [-0.4, -0.2) is 39.7 Å². The van der Waals surface area contributed by atoms with Crippen LogP contribution in [-0.2, 0) is 18.6 Å². The highest BCUT2D eigenvalue weighted by molar-refractivity contribution is 6.45. The minimum atomic E-state index is -0.0516. The van der Waals surface area contributed by atoms with Crippen LogP contribution in [0.5, 0.6) is 0 Å². The van der Waals surface area contributed by atoms with Gasteiger partial charge in [0.1, 0.15) is 0 Å². The van der Waals surface area contributed by atoms with Crippen molar-refractivity contribution in [3.8, 4) is 0 Å². The third kappa shape index (κ3) is 2.14. The fraction of sp³-hybridized carbons (Fsp3) is 1.00. The Kier molecular flexibility index (Phi) is 3.49. The van der Waals surface area contributed by atoms with E-state index in [-0.39, 0.29) is 26.4 Å². The molecule has 2 aliphatic heterocycles. The van der Waals surface area contributed by atoms with Gasteiger partial charge in [-0.25, -0.2) is 0 Å². The molecule has 0 aliphatic carbocycles. The van der Waals surface area contributed by atoms with Crippen molar-refractivity contribution in [1.82, 2.24) is 0 Å². The summed E-state index contributed by atoms with van der Waals surface area (Å²) in [4.78, 5) is 0. The molecule has 2 heterocycles. The Labute approximate surface area is 85.5 Å². The summed E-state index contributed by atoms with van der Waals surface area (Å²) < 4.78 is 22.2. The van der Waals surface area contributed by atoms with Crippen LogP contribution in [0, 0.1) is 0 Å². The van der Waals surface area contributed by atoms with Gasteiger partial charge in [-0.15, -0.1) is 0 Å². The molecule has 0 aromatic carbocycles. The molecule has 2 unspecified atom stereocenters. The van der Waals surface area contributed by atoms with Crippen molar-refractivity contribution < 1.29 is 18.6 Å². The Morgan fingerprint density at radius 2 is 1.36 bits per heavy atom. The van der Waals surface area contributed by atoms with Crippen LogP contribution in [0.25, 0.3) is 0 Å². The van der Waals surface area contributed by atoms with Gasteiger partial charge >= 0.3 is 14.2 Å². The first-order valence-electron chi connectivity index (χ1n) is 5.37. The van der Waals surface area contributed by atoms with Gasteiger partial charge in [0, 0.05) is 0 Å². The number of hydrogen-bond donors (Lipinski definition) is 0. The van der Waals surface area contributed by atoms with E-state index in [4.69, 9.17) is 18.6 Å². The molecule has 0 aromatic heterocycles. The third-order valence-corrected chi connectivity index (χ3v) is 2.63. The van der Waals surface area contributed by atoms with E-state index in [1.165, 1.54) is 0 Å². The third-order valence-electron chi connectivity index (χ3n) is 2.63. The summed E-state index contributed by atoms with van der Waals surface area (Å²) in [7, 11) is -0.103. The van der Waals surface area contributed by atoms with Crippen LogP contribution >= 0.6 is 0 Å². The first-order chi connectivity index (χ1) is 6.83. The zero-order valence-corrected chi connectivity index (χ0v) is 8.77. The van der Waals surface area contributed by atoms with E-state index >= 15 is 0 Å². The molecule has 0 spiro atoms. The lowest BCUT2D eigenvalue weighted by Crippen LogP contribution is -2.32. The Morgan fingerprint density at radius 3 is 1.64 bits per heavy atom. The maximum Gasteiger partial charge on any atom is 0.457 e. The first-order valence-corrected chi connectivity index (χ1v) is 5.37. The van der Waals surface area contributed by atoms with Crippen LogP contribution in [0.2, 0.25) is 12.6 Å². The minimum absolute atomic E-state index is 0.0516. The molecule has 2 fully saturated rings. The topological polar surface area (TPSA) is 36.9 Å². The lowest BCUT2D eigenvalue weighted by atomic mass is 9.86. The van der Waals surface area contributed by atoms with Gasteiger partial charge in [0.05, 0.1) is 25.4 Å². The molecular weight excluding hydrogens is 182 g/mol. The SMILES string of the molecule is CCB1OCC(C2COB(CC)O2)O1. The van der Waals surface area contributed by atoms with E-state index < -0.39 is 0 Å². The quantitative estimate of drug-likeness (QED) is 0.629. The van der Waals surface area contributed by atoms with Crippen LogP contribution in [0.1, 0.15) is 13.8 Å². The Morgan fingerprint density at radius 1 is 0.929 bits per heavy atom. The van der Waals surface area contributed by atoms with Gasteiger partial charge in [0.25, 0.3) is 0 Å². The second kappa shape index (κ2) is 4.66. The van der Waals surface area contributed by atoms with Gasteiger partial charge in [-0.3, -0.25) is 0 Å². The average Bonchev–Trinajstić information content (AvgIpc) is 2.86. The first kappa shape index (κ1) is 10.5. The summed E-state index contributed by atoms with van der Waals surface area (Å²) >= 11 is 0. The molecule has 0 amide bonds. The zero-order chi connectivity index (χ0) is 9.97. The summed E-state index contributed by atoms with van der Waals surface area (Å²) in [6.07, 6.45) is 1.88. The molecule has 2 rings (SSSR count). The summed E-state index contributed by atoms with van der Waals surface area (Å²) in [5.74, 6) is 0. The summed E-state index contributed by atoms with van der Waals surface area (Å²) in [5, 5.41) is 0. The van der Waals surface area contributed by atoms with Crippen molar-refractivity contribution in [2.75, 3.05) is 13.2 Å². The molecule has 2 aliphatic rings. The van der Waals surface area contributed by atoms with E-state index in [9.17, 15) is 0 Å². The van der Waals surface area contributed by atoms with Gasteiger partial charge in [0.15, 0.2) is 0 Å². The van der Waals surface area contributed by atoms with Crippen LogP contribution in [0.4, 0.5) is 0 Å². The zero-order valence-electron chi connectivity index (χ0n) is 8.77. The maximum atomic E-state index is 5.66. The van der Waals surface area contributed by atoms with E-state index in [1.807, 2.05) is 13.8 Å². The van der Waals surface area contributed by atoms with Gasteiger partial charge in [0.2, 0.25) is 0 Å². The van der Waals surface area contributed by atoms with Gasteiger partial charge in [-0.1, -0.05) is 13.8 Å². The standard InChI is InChI=1S/C8H16B2O4/c1-3-9-11-5-7(13-9)8-6-12-10(4-2)14-8/h7-8H,3-6H2,1-2H3. The smallest absolute Gasteiger partial charge is 0.408 e. The highest BCUT2D eigenvalue weighted by Gasteiger charge is 2.40. The van der Waals surface area contributed by atoms with Crippen molar-refractivity contribution in [3.05, 3.63) is 0 Å². The summed E-state index contributed by atoms with van der Waals surface area (Å²) in [5.41, 5.74) is 0. The second-order valence-corrected chi connectivity index (χ2v) is 3.69. The lowest BCUT2D eigenvalue weighted by molar-refractivity contribution is 0.0804. The molecule has 14 heavy (non-hydrogen) atoms. The largest absolute Gasteiger partial charge is 0.457 e. The van der Waals surface area contributed by atoms with Crippen molar-refractivity contribution >= 4 is 14.2 Å². The van der Waals surface area contributed by atoms with Crippen molar-refractivity contribution in [2.24, 2.45) is 0 Å². The predicted octanol–water partition coefficient (Wildman–Crippen LogP) is 0.833. The molecule has 6 heteroatoms. The molecule has 0 N–H and O–H groups in total. The molecule has 4 nitrogen and oxygen atoms in total. The molecule has 0 saturated carbocycles. The van der Waals surface area contributed by atoms with Crippen molar-refractivity contribution in [3.63, 3.8) is 0 Å². The molecule has 0 radical (unpaired) electrons. The fourth-order valence-electron chi connectivity index (χ4n) is 1.77. The monoisotopic (exact) mass is 198 g/mol. The fourth-order valence-corrected chi connectivity index (χ4v) is 1.77. The molecule has 0 aromatic rings. The van der Waals surface area contributed by atoms with E-state index in [2.05, 4.69) is 0 Å². The molecule has 2 atom stereocenters. The summed E-state index contributed by atoms with van der Waals surface area (Å²) in [6, 6.07) is 0. The highest BCUT2D eigenvalue weighted by Crippen LogP contribution is 2.22. The van der Waals surface area contributed by atoms with Crippen LogP contribution in [0.3, 0.4) is 0 Å². The predicted molar refractivity (Wildman–Crippen MR) is 54.1 cm³/mol. The molecule has 0 bridgehead atoms. The average molecular weight is 198 g/mol. The van der Waals surface area contributed by atoms with E-state index in [0.29, 0.717) is 13.2 Å². The van der Waals surface area contributed by atoms with Crippen molar-refractivity contribution in [2.45, 2.75) is 38.7 Å². The molecule has 78 valence electrons. The van der Waals surface area contributed by atoms with Crippen LogP contribution in [0.15, 0.2) is 0 Å². The Balaban J connectivity index is 1.80. The van der Waals surface area contributed by atoms with Gasteiger partial charge in [-0.05, 0) is 12.6 Å². The Hall–Kier alpha value is -0.0301. The Bertz CT molecular complexity index is 172. The minimum Gasteiger partial charge on any atom is -0.408 e. The maximum absolute atomic E-state index is 5.66. The van der Waals surface area contributed by atoms with E-state index in [0.717, 1.165) is 12.6 Å². The van der Waals surface area contributed by atoms with E-state index in [1.54, 1.807) is 0 Å². The lowest BCUT2D eigenvalue weighted by Gasteiger charge is -2.16. The van der Waals surface area contributed by atoms with Gasteiger partial charge in [-0.2, -0.15) is 0 Å². The van der Waals surface area contributed by atoms with Crippen molar-refractivity contribution in [1.29, 1.82) is 0 Å². The number of rotatable bonds is 3. The van der Waals surface area contributed by atoms with Crippen LogP contribution < -0.4 is 0 Å². The highest BCUT2D eigenvalue weighted by atomic mass is 16.7. The molecular formula is C8H16B2O4. The van der Waals surface area contributed by atoms with Gasteiger partial charge < -0.3 is 18.6 Å². The second-order valence-electron chi connectivity index (χ2n) is 3.69. The molecule has 2 saturated heterocycles.